The van der Waals surface area contributed by atoms with Gasteiger partial charge in [-0.2, -0.15) is 0 Å². The summed E-state index contributed by atoms with van der Waals surface area (Å²) in [5, 5.41) is 4.37. The quantitative estimate of drug-likeness (QED) is 0.832. The van der Waals surface area contributed by atoms with E-state index in [0.29, 0.717) is 21.8 Å². The third kappa shape index (κ3) is 2.97. The summed E-state index contributed by atoms with van der Waals surface area (Å²) in [6, 6.07) is 4.04. The van der Waals surface area contributed by atoms with Crippen LogP contribution in [-0.4, -0.2) is 31.1 Å². The van der Waals surface area contributed by atoms with Gasteiger partial charge in [0.25, 0.3) is 0 Å². The van der Waals surface area contributed by atoms with E-state index in [4.69, 9.17) is 28.9 Å². The second-order valence-corrected chi connectivity index (χ2v) is 5.33. The molecule has 0 bridgehead atoms. The number of anilines is 2. The zero-order chi connectivity index (χ0) is 12.4. The van der Waals surface area contributed by atoms with Gasteiger partial charge in [0.05, 0.1) is 21.4 Å². The third-order valence-corrected chi connectivity index (χ3v) is 4.01. The highest BCUT2D eigenvalue weighted by Gasteiger charge is 2.20. The van der Waals surface area contributed by atoms with Gasteiger partial charge >= 0.3 is 0 Å². The summed E-state index contributed by atoms with van der Waals surface area (Å²) in [6.07, 6.45) is 2.49. The number of halogens is 2. The molecule has 1 aromatic rings. The molecule has 0 radical (unpaired) electrons. The molecular formula is C12H17Cl2N3. The summed E-state index contributed by atoms with van der Waals surface area (Å²) in [4.78, 5) is 2.36. The van der Waals surface area contributed by atoms with Gasteiger partial charge in [-0.15, -0.1) is 0 Å². The van der Waals surface area contributed by atoms with E-state index in [1.165, 1.54) is 19.4 Å². The van der Waals surface area contributed by atoms with Crippen LogP contribution in [0.4, 0.5) is 11.4 Å². The number of nitrogens with zero attached hydrogens (tertiary/aromatic N) is 1. The van der Waals surface area contributed by atoms with Gasteiger partial charge in [-0.3, -0.25) is 0 Å². The SMILES string of the molecule is CN1CCCC1CNc1cc(Cl)c(Cl)cc1N. The van der Waals surface area contributed by atoms with Gasteiger partial charge in [0.1, 0.15) is 0 Å². The highest BCUT2D eigenvalue weighted by molar-refractivity contribution is 6.42. The summed E-state index contributed by atoms with van der Waals surface area (Å²) in [6.45, 7) is 2.06. The number of likely N-dealkylation sites (tertiary alicyclic amines) is 1. The zero-order valence-electron chi connectivity index (χ0n) is 9.84. The van der Waals surface area contributed by atoms with E-state index in [2.05, 4.69) is 17.3 Å². The number of benzene rings is 1. The standard InChI is InChI=1S/C12H17Cl2N3/c1-17-4-2-3-8(17)7-16-12-6-10(14)9(13)5-11(12)15/h5-6,8,16H,2-4,7,15H2,1H3. The van der Waals surface area contributed by atoms with E-state index in [9.17, 15) is 0 Å². The maximum Gasteiger partial charge on any atom is 0.0614 e. The van der Waals surface area contributed by atoms with Crippen molar-refractivity contribution in [3.63, 3.8) is 0 Å². The maximum absolute atomic E-state index is 5.97. The molecular weight excluding hydrogens is 257 g/mol. The normalized spacial score (nSPS) is 20.8. The molecule has 1 fully saturated rings. The Kier molecular flexibility index (Phi) is 4.02. The van der Waals surface area contributed by atoms with E-state index in [1.54, 1.807) is 12.1 Å². The second kappa shape index (κ2) is 5.34. The summed E-state index contributed by atoms with van der Waals surface area (Å²) in [5.41, 5.74) is 7.39. The van der Waals surface area contributed by atoms with Crippen molar-refractivity contribution in [1.29, 1.82) is 0 Å². The van der Waals surface area contributed by atoms with Crippen LogP contribution < -0.4 is 11.1 Å². The average molecular weight is 274 g/mol. The van der Waals surface area contributed by atoms with Gasteiger partial charge in [0.2, 0.25) is 0 Å². The first kappa shape index (κ1) is 12.8. The second-order valence-electron chi connectivity index (χ2n) is 4.51. The number of hydrogen-bond acceptors (Lipinski definition) is 3. The minimum atomic E-state index is 0.493. The molecule has 94 valence electrons. The van der Waals surface area contributed by atoms with Crippen molar-refractivity contribution in [2.24, 2.45) is 0 Å². The molecule has 0 saturated carbocycles. The summed E-state index contributed by atoms with van der Waals surface area (Å²) < 4.78 is 0. The molecule has 1 aliphatic rings. The molecule has 17 heavy (non-hydrogen) atoms. The van der Waals surface area contributed by atoms with Crippen LogP contribution in [0.2, 0.25) is 10.0 Å². The zero-order valence-corrected chi connectivity index (χ0v) is 11.4. The summed E-state index contributed by atoms with van der Waals surface area (Å²) >= 11 is 11.9. The van der Waals surface area contributed by atoms with Gasteiger partial charge in [-0.25, -0.2) is 0 Å². The van der Waals surface area contributed by atoms with Gasteiger partial charge in [-0.05, 0) is 38.6 Å². The van der Waals surface area contributed by atoms with Crippen LogP contribution in [0.25, 0.3) is 0 Å². The average Bonchev–Trinajstić information content (AvgIpc) is 2.68. The molecule has 0 spiro atoms. The van der Waals surface area contributed by atoms with Crippen molar-refractivity contribution in [3.8, 4) is 0 Å². The van der Waals surface area contributed by atoms with Gasteiger partial charge < -0.3 is 16.0 Å². The smallest absolute Gasteiger partial charge is 0.0614 e. The van der Waals surface area contributed by atoms with Crippen molar-refractivity contribution < 1.29 is 0 Å². The minimum absolute atomic E-state index is 0.493. The van der Waals surface area contributed by atoms with Crippen molar-refractivity contribution in [2.75, 3.05) is 31.2 Å². The van der Waals surface area contributed by atoms with Gasteiger partial charge in [0, 0.05) is 12.6 Å². The largest absolute Gasteiger partial charge is 0.397 e. The van der Waals surface area contributed by atoms with Crippen molar-refractivity contribution in [1.82, 2.24) is 4.90 Å². The van der Waals surface area contributed by atoms with Gasteiger partial charge in [0.15, 0.2) is 0 Å². The topological polar surface area (TPSA) is 41.3 Å². The molecule has 1 saturated heterocycles. The molecule has 0 amide bonds. The first-order chi connectivity index (χ1) is 8.08. The van der Waals surface area contributed by atoms with E-state index in [-0.39, 0.29) is 0 Å². The Morgan fingerprint density at radius 2 is 2.12 bits per heavy atom. The van der Waals surface area contributed by atoms with E-state index >= 15 is 0 Å². The molecule has 1 aliphatic heterocycles. The molecule has 5 heteroatoms. The van der Waals surface area contributed by atoms with Crippen LogP contribution in [0, 0.1) is 0 Å². The lowest BCUT2D eigenvalue weighted by atomic mass is 10.2. The molecule has 1 heterocycles. The van der Waals surface area contributed by atoms with Crippen molar-refractivity contribution in [3.05, 3.63) is 22.2 Å². The maximum atomic E-state index is 5.97. The fourth-order valence-electron chi connectivity index (χ4n) is 2.18. The Morgan fingerprint density at radius 3 is 2.76 bits per heavy atom. The van der Waals surface area contributed by atoms with E-state index in [0.717, 1.165) is 12.2 Å². The molecule has 2 rings (SSSR count). The van der Waals surface area contributed by atoms with Crippen LogP contribution in [0.5, 0.6) is 0 Å². The predicted octanol–water partition coefficient (Wildman–Crippen LogP) is 3.08. The van der Waals surface area contributed by atoms with Gasteiger partial charge in [-0.1, -0.05) is 23.2 Å². The van der Waals surface area contributed by atoms with E-state index in [1.807, 2.05) is 0 Å². The summed E-state index contributed by atoms with van der Waals surface area (Å²) in [7, 11) is 2.15. The lowest BCUT2D eigenvalue weighted by Crippen LogP contribution is -2.31. The molecule has 0 aliphatic carbocycles. The fraction of sp³-hybridized carbons (Fsp3) is 0.500. The lowest BCUT2D eigenvalue weighted by molar-refractivity contribution is 0.322. The first-order valence-corrected chi connectivity index (χ1v) is 6.52. The van der Waals surface area contributed by atoms with Crippen LogP contribution >= 0.6 is 23.2 Å². The van der Waals surface area contributed by atoms with Crippen LogP contribution in [0.1, 0.15) is 12.8 Å². The Labute approximate surface area is 112 Å². The molecule has 1 atom stereocenters. The highest BCUT2D eigenvalue weighted by atomic mass is 35.5. The number of nitrogen functional groups attached to an aromatic ring is 1. The first-order valence-electron chi connectivity index (χ1n) is 5.76. The van der Waals surface area contributed by atoms with Crippen LogP contribution in [0.15, 0.2) is 12.1 Å². The molecule has 3 nitrogen and oxygen atoms in total. The number of nitrogens with one attached hydrogen (secondary N) is 1. The predicted molar refractivity (Wildman–Crippen MR) is 75.0 cm³/mol. The van der Waals surface area contributed by atoms with Crippen molar-refractivity contribution in [2.45, 2.75) is 18.9 Å². The Balaban J connectivity index is 2.01. The Hall–Kier alpha value is -0.640. The Morgan fingerprint density at radius 1 is 1.41 bits per heavy atom. The van der Waals surface area contributed by atoms with Crippen LogP contribution in [0.3, 0.4) is 0 Å². The number of likely N-dealkylation sites (N-methyl/N-ethyl adjacent to an activating group) is 1. The molecule has 1 aromatic carbocycles. The molecule has 3 N–H and O–H groups in total. The monoisotopic (exact) mass is 273 g/mol. The highest BCUT2D eigenvalue weighted by Crippen LogP contribution is 2.31. The molecule has 1 unspecified atom stereocenters. The minimum Gasteiger partial charge on any atom is -0.397 e. The third-order valence-electron chi connectivity index (χ3n) is 3.29. The number of nitrogens with two attached hydrogens (primary N) is 1. The fourth-order valence-corrected chi connectivity index (χ4v) is 2.52. The van der Waals surface area contributed by atoms with Crippen LogP contribution in [-0.2, 0) is 0 Å². The molecule has 0 aromatic heterocycles. The van der Waals surface area contributed by atoms with Crippen molar-refractivity contribution >= 4 is 34.6 Å². The lowest BCUT2D eigenvalue weighted by Gasteiger charge is -2.21. The summed E-state index contributed by atoms with van der Waals surface area (Å²) in [5.74, 6) is 0. The van der Waals surface area contributed by atoms with E-state index < -0.39 is 0 Å². The number of rotatable bonds is 3. The Bertz CT molecular complexity index is 409. The number of hydrogen-bond donors (Lipinski definition) is 2.